The second kappa shape index (κ2) is 6.73. The molecule has 1 unspecified atom stereocenters. The van der Waals surface area contributed by atoms with Crippen molar-refractivity contribution < 1.29 is 4.79 Å². The molecular formula is C16H20N2OS2. The molecule has 0 saturated carbocycles. The maximum Gasteiger partial charge on any atom is 0.236 e. The molecule has 1 N–H and O–H groups in total. The zero-order chi connectivity index (χ0) is 14.7. The summed E-state index contributed by atoms with van der Waals surface area (Å²) in [6, 6.07) is 6.63. The van der Waals surface area contributed by atoms with Gasteiger partial charge in [-0.1, -0.05) is 13.0 Å². The Morgan fingerprint density at radius 2 is 2.29 bits per heavy atom. The van der Waals surface area contributed by atoms with Gasteiger partial charge in [0.2, 0.25) is 5.91 Å². The van der Waals surface area contributed by atoms with Gasteiger partial charge in [-0.05, 0) is 41.3 Å². The van der Waals surface area contributed by atoms with Crippen LogP contribution in [0.3, 0.4) is 0 Å². The van der Waals surface area contributed by atoms with Crippen molar-refractivity contribution in [3.63, 3.8) is 0 Å². The fraction of sp³-hybridized carbons (Fsp3) is 0.438. The van der Waals surface area contributed by atoms with Crippen LogP contribution < -0.4 is 5.32 Å². The second-order valence-electron chi connectivity index (χ2n) is 5.29. The van der Waals surface area contributed by atoms with Crippen molar-refractivity contribution >= 4 is 28.6 Å². The van der Waals surface area contributed by atoms with Crippen molar-refractivity contribution in [3.8, 4) is 0 Å². The topological polar surface area (TPSA) is 32.3 Å². The molecule has 3 rings (SSSR count). The first kappa shape index (κ1) is 14.8. The van der Waals surface area contributed by atoms with E-state index >= 15 is 0 Å². The van der Waals surface area contributed by atoms with Crippen molar-refractivity contribution in [3.05, 3.63) is 44.3 Å². The largest absolute Gasteiger partial charge is 0.337 e. The predicted molar refractivity (Wildman–Crippen MR) is 88.8 cm³/mol. The van der Waals surface area contributed by atoms with Gasteiger partial charge < -0.3 is 10.2 Å². The van der Waals surface area contributed by atoms with E-state index < -0.39 is 0 Å². The molecule has 21 heavy (non-hydrogen) atoms. The minimum absolute atomic E-state index is 0.210. The Hall–Kier alpha value is -1.17. The SMILES string of the molecule is CCC(NCC(=O)N1CCc2sccc2C1)c1cccs1. The van der Waals surface area contributed by atoms with Crippen LogP contribution in [0.1, 0.15) is 34.7 Å². The average molecular weight is 320 g/mol. The number of carbonyl (C=O) groups is 1. The lowest BCUT2D eigenvalue weighted by Crippen LogP contribution is -2.41. The van der Waals surface area contributed by atoms with Crippen LogP contribution in [0.2, 0.25) is 0 Å². The van der Waals surface area contributed by atoms with Crippen molar-refractivity contribution in [2.75, 3.05) is 13.1 Å². The number of amides is 1. The molecular weight excluding hydrogens is 300 g/mol. The normalized spacial score (nSPS) is 15.8. The monoisotopic (exact) mass is 320 g/mol. The molecule has 0 spiro atoms. The van der Waals surface area contributed by atoms with Crippen LogP contribution in [0.15, 0.2) is 29.0 Å². The van der Waals surface area contributed by atoms with Crippen LogP contribution in [-0.2, 0) is 17.8 Å². The van der Waals surface area contributed by atoms with Gasteiger partial charge in [-0.2, -0.15) is 0 Å². The predicted octanol–water partition coefficient (Wildman–Crippen LogP) is 3.44. The molecule has 1 atom stereocenters. The smallest absolute Gasteiger partial charge is 0.236 e. The molecule has 3 nitrogen and oxygen atoms in total. The van der Waals surface area contributed by atoms with Gasteiger partial charge in [-0.3, -0.25) is 4.79 Å². The lowest BCUT2D eigenvalue weighted by atomic mass is 10.1. The third kappa shape index (κ3) is 3.36. The Morgan fingerprint density at radius 1 is 1.38 bits per heavy atom. The number of rotatable bonds is 5. The molecule has 1 aliphatic rings. The lowest BCUT2D eigenvalue weighted by Gasteiger charge is -2.28. The fourth-order valence-corrected chi connectivity index (χ4v) is 4.49. The Kier molecular flexibility index (Phi) is 4.73. The van der Waals surface area contributed by atoms with Crippen LogP contribution in [-0.4, -0.2) is 23.9 Å². The minimum atomic E-state index is 0.210. The summed E-state index contributed by atoms with van der Waals surface area (Å²) in [4.78, 5) is 17.1. The van der Waals surface area contributed by atoms with Gasteiger partial charge in [0.15, 0.2) is 0 Å². The first-order chi connectivity index (χ1) is 10.3. The molecule has 0 bridgehead atoms. The van der Waals surface area contributed by atoms with Crippen LogP contribution in [0, 0.1) is 0 Å². The highest BCUT2D eigenvalue weighted by molar-refractivity contribution is 7.10. The summed E-state index contributed by atoms with van der Waals surface area (Å²) in [6.07, 6.45) is 2.00. The highest BCUT2D eigenvalue weighted by Crippen LogP contribution is 2.24. The van der Waals surface area contributed by atoms with E-state index in [1.165, 1.54) is 15.3 Å². The summed E-state index contributed by atoms with van der Waals surface area (Å²) in [5.74, 6) is 0.210. The second-order valence-corrected chi connectivity index (χ2v) is 7.27. The molecule has 3 heterocycles. The summed E-state index contributed by atoms with van der Waals surface area (Å²) in [5.41, 5.74) is 1.32. The molecule has 112 valence electrons. The van der Waals surface area contributed by atoms with Crippen molar-refractivity contribution in [1.29, 1.82) is 0 Å². The molecule has 0 aliphatic carbocycles. The zero-order valence-electron chi connectivity index (χ0n) is 12.2. The van der Waals surface area contributed by atoms with Gasteiger partial charge in [0.05, 0.1) is 6.54 Å². The maximum absolute atomic E-state index is 12.4. The van der Waals surface area contributed by atoms with E-state index in [0.29, 0.717) is 6.54 Å². The van der Waals surface area contributed by atoms with Crippen molar-refractivity contribution in [2.24, 2.45) is 0 Å². The number of nitrogens with zero attached hydrogens (tertiary/aromatic N) is 1. The van der Waals surface area contributed by atoms with Gasteiger partial charge >= 0.3 is 0 Å². The molecule has 0 saturated heterocycles. The van der Waals surface area contributed by atoms with Gasteiger partial charge in [0.1, 0.15) is 0 Å². The number of nitrogens with one attached hydrogen (secondary N) is 1. The number of carbonyl (C=O) groups excluding carboxylic acids is 1. The van der Waals surface area contributed by atoms with E-state index in [0.717, 1.165) is 25.9 Å². The summed E-state index contributed by atoms with van der Waals surface area (Å²) in [5, 5.41) is 7.62. The van der Waals surface area contributed by atoms with Gasteiger partial charge in [-0.15, -0.1) is 22.7 Å². The van der Waals surface area contributed by atoms with Crippen molar-refractivity contribution in [1.82, 2.24) is 10.2 Å². The van der Waals surface area contributed by atoms with Crippen LogP contribution in [0.4, 0.5) is 0 Å². The summed E-state index contributed by atoms with van der Waals surface area (Å²) >= 11 is 3.56. The lowest BCUT2D eigenvalue weighted by molar-refractivity contribution is -0.131. The third-order valence-electron chi connectivity index (χ3n) is 3.95. The van der Waals surface area contributed by atoms with E-state index in [2.05, 4.69) is 41.2 Å². The number of hydrogen-bond donors (Lipinski definition) is 1. The van der Waals surface area contributed by atoms with E-state index in [1.54, 1.807) is 11.3 Å². The first-order valence-corrected chi connectivity index (χ1v) is 9.13. The third-order valence-corrected chi connectivity index (χ3v) is 5.96. The highest BCUT2D eigenvalue weighted by Gasteiger charge is 2.22. The molecule has 2 aromatic heterocycles. The Labute approximate surface area is 133 Å². The van der Waals surface area contributed by atoms with Gasteiger partial charge in [0, 0.05) is 28.9 Å². The Morgan fingerprint density at radius 3 is 3.05 bits per heavy atom. The van der Waals surface area contributed by atoms with Crippen LogP contribution in [0.5, 0.6) is 0 Å². The zero-order valence-corrected chi connectivity index (χ0v) is 13.8. The molecule has 1 aliphatic heterocycles. The molecule has 0 radical (unpaired) electrons. The van der Waals surface area contributed by atoms with E-state index in [4.69, 9.17) is 0 Å². The molecule has 2 aromatic rings. The maximum atomic E-state index is 12.4. The van der Waals surface area contributed by atoms with Crippen LogP contribution >= 0.6 is 22.7 Å². The van der Waals surface area contributed by atoms with Gasteiger partial charge in [-0.25, -0.2) is 0 Å². The average Bonchev–Trinajstić information content (AvgIpc) is 3.18. The number of hydrogen-bond acceptors (Lipinski definition) is 4. The van der Waals surface area contributed by atoms with Crippen LogP contribution in [0.25, 0.3) is 0 Å². The van der Waals surface area contributed by atoms with Crippen molar-refractivity contribution in [2.45, 2.75) is 32.4 Å². The van der Waals surface area contributed by atoms with E-state index in [-0.39, 0.29) is 11.9 Å². The van der Waals surface area contributed by atoms with Gasteiger partial charge in [0.25, 0.3) is 0 Å². The molecule has 1 amide bonds. The summed E-state index contributed by atoms with van der Waals surface area (Å²) in [7, 11) is 0. The summed E-state index contributed by atoms with van der Waals surface area (Å²) in [6.45, 7) is 4.20. The van der Waals surface area contributed by atoms with E-state index in [1.807, 2.05) is 16.2 Å². The quantitative estimate of drug-likeness (QED) is 0.915. The Bertz CT molecular complexity index is 591. The highest BCUT2D eigenvalue weighted by atomic mass is 32.1. The number of fused-ring (bicyclic) bond motifs is 1. The minimum Gasteiger partial charge on any atom is -0.337 e. The standard InChI is InChI=1S/C16H20N2OS2/c1-2-13(15-4-3-8-20-15)17-10-16(19)18-7-5-14-12(11-18)6-9-21-14/h3-4,6,8-9,13,17H,2,5,7,10-11H2,1H3. The molecule has 0 aromatic carbocycles. The fourth-order valence-electron chi connectivity index (χ4n) is 2.72. The summed E-state index contributed by atoms with van der Waals surface area (Å²) < 4.78 is 0. The first-order valence-electron chi connectivity index (χ1n) is 7.37. The number of thiophene rings is 2. The Balaban J connectivity index is 1.55. The molecule has 5 heteroatoms. The molecule has 0 fully saturated rings. The van der Waals surface area contributed by atoms with E-state index in [9.17, 15) is 4.79 Å².